The number of rotatable bonds is 4. The van der Waals surface area contributed by atoms with Gasteiger partial charge in [0.2, 0.25) is 0 Å². The standard InChI is InChI=1S/C19H19N7O/c1-12(2)26-18-14(9-21-26)8-17(13(3)23-18)19(27)24-15-4-6-16(7-5-15)25-11-20-10-22-25/h4-12H,1-3H3,(H,24,27). The highest BCUT2D eigenvalue weighted by molar-refractivity contribution is 6.06. The highest BCUT2D eigenvalue weighted by Gasteiger charge is 2.15. The molecule has 0 atom stereocenters. The summed E-state index contributed by atoms with van der Waals surface area (Å²) in [5.74, 6) is -0.201. The van der Waals surface area contributed by atoms with Crippen molar-refractivity contribution in [2.75, 3.05) is 5.32 Å². The third-order valence-corrected chi connectivity index (χ3v) is 4.30. The smallest absolute Gasteiger partial charge is 0.257 e. The lowest BCUT2D eigenvalue weighted by Crippen LogP contribution is -2.14. The van der Waals surface area contributed by atoms with Gasteiger partial charge in [0, 0.05) is 17.1 Å². The summed E-state index contributed by atoms with van der Waals surface area (Å²) in [4.78, 5) is 21.2. The van der Waals surface area contributed by atoms with Crippen molar-refractivity contribution >= 4 is 22.6 Å². The van der Waals surface area contributed by atoms with Gasteiger partial charge < -0.3 is 5.32 Å². The molecule has 0 aliphatic carbocycles. The van der Waals surface area contributed by atoms with Gasteiger partial charge in [0.1, 0.15) is 12.7 Å². The van der Waals surface area contributed by atoms with Crippen molar-refractivity contribution in [1.29, 1.82) is 0 Å². The van der Waals surface area contributed by atoms with Gasteiger partial charge in [0.25, 0.3) is 5.91 Å². The van der Waals surface area contributed by atoms with Gasteiger partial charge in [-0.2, -0.15) is 10.2 Å². The fourth-order valence-corrected chi connectivity index (χ4v) is 2.91. The van der Waals surface area contributed by atoms with Crippen LogP contribution in [0, 0.1) is 6.92 Å². The highest BCUT2D eigenvalue weighted by Crippen LogP contribution is 2.20. The summed E-state index contributed by atoms with van der Waals surface area (Å²) in [6, 6.07) is 9.43. The second kappa shape index (κ2) is 6.64. The maximum absolute atomic E-state index is 12.7. The molecule has 0 radical (unpaired) electrons. The van der Waals surface area contributed by atoms with Gasteiger partial charge in [-0.3, -0.25) is 4.79 Å². The number of nitrogens with zero attached hydrogens (tertiary/aromatic N) is 6. The number of aryl methyl sites for hydroxylation is 1. The van der Waals surface area contributed by atoms with Crippen LogP contribution >= 0.6 is 0 Å². The van der Waals surface area contributed by atoms with Crippen molar-refractivity contribution in [3.63, 3.8) is 0 Å². The third kappa shape index (κ3) is 3.17. The van der Waals surface area contributed by atoms with Gasteiger partial charge >= 0.3 is 0 Å². The molecule has 0 saturated heterocycles. The topological polar surface area (TPSA) is 90.5 Å². The molecule has 1 N–H and O–H groups in total. The van der Waals surface area contributed by atoms with E-state index < -0.39 is 0 Å². The van der Waals surface area contributed by atoms with Crippen molar-refractivity contribution in [2.24, 2.45) is 0 Å². The van der Waals surface area contributed by atoms with Crippen LogP contribution in [0.5, 0.6) is 0 Å². The van der Waals surface area contributed by atoms with E-state index in [-0.39, 0.29) is 11.9 Å². The summed E-state index contributed by atoms with van der Waals surface area (Å²) in [7, 11) is 0. The normalized spacial score (nSPS) is 11.3. The van der Waals surface area contributed by atoms with Crippen molar-refractivity contribution < 1.29 is 4.79 Å². The van der Waals surface area contributed by atoms with Crippen molar-refractivity contribution in [1.82, 2.24) is 29.5 Å². The lowest BCUT2D eigenvalue weighted by atomic mass is 10.1. The Labute approximate surface area is 155 Å². The van der Waals surface area contributed by atoms with E-state index >= 15 is 0 Å². The molecule has 1 aromatic carbocycles. The molecule has 0 saturated carbocycles. The summed E-state index contributed by atoms with van der Waals surface area (Å²) in [5, 5.41) is 12.2. The lowest BCUT2D eigenvalue weighted by molar-refractivity contribution is 0.102. The zero-order chi connectivity index (χ0) is 19.0. The van der Waals surface area contributed by atoms with E-state index in [2.05, 4.69) is 25.5 Å². The largest absolute Gasteiger partial charge is 0.322 e. The van der Waals surface area contributed by atoms with E-state index in [1.165, 1.54) is 6.33 Å². The first-order chi connectivity index (χ1) is 13.0. The molecule has 4 aromatic rings. The van der Waals surface area contributed by atoms with Crippen LogP contribution in [0.2, 0.25) is 0 Å². The fourth-order valence-electron chi connectivity index (χ4n) is 2.91. The summed E-state index contributed by atoms with van der Waals surface area (Å²) >= 11 is 0. The molecular formula is C19H19N7O. The van der Waals surface area contributed by atoms with Gasteiger partial charge in [0.15, 0.2) is 5.65 Å². The quantitative estimate of drug-likeness (QED) is 0.603. The number of nitrogens with one attached hydrogen (secondary N) is 1. The molecule has 0 fully saturated rings. The fraction of sp³-hybridized carbons (Fsp3) is 0.211. The Balaban J connectivity index is 1.58. The molecule has 0 bridgehead atoms. The first-order valence-corrected chi connectivity index (χ1v) is 8.64. The number of carbonyl (C=O) groups excluding carboxylic acids is 1. The van der Waals surface area contributed by atoms with E-state index in [0.29, 0.717) is 16.9 Å². The average Bonchev–Trinajstić information content (AvgIpc) is 3.31. The molecule has 136 valence electrons. The van der Waals surface area contributed by atoms with E-state index in [1.807, 2.05) is 55.8 Å². The number of anilines is 1. The minimum atomic E-state index is -0.201. The maximum atomic E-state index is 12.7. The van der Waals surface area contributed by atoms with Crippen LogP contribution in [0.3, 0.4) is 0 Å². The monoisotopic (exact) mass is 361 g/mol. The van der Waals surface area contributed by atoms with Gasteiger partial charge in [-0.1, -0.05) is 0 Å². The molecule has 4 rings (SSSR count). The van der Waals surface area contributed by atoms with Crippen LogP contribution in [0.4, 0.5) is 5.69 Å². The van der Waals surface area contributed by atoms with Gasteiger partial charge in [-0.25, -0.2) is 19.3 Å². The first kappa shape index (κ1) is 16.9. The van der Waals surface area contributed by atoms with Crippen LogP contribution in [0.15, 0.2) is 49.2 Å². The van der Waals surface area contributed by atoms with Gasteiger partial charge in [0.05, 0.1) is 23.1 Å². The zero-order valence-corrected chi connectivity index (χ0v) is 15.3. The SMILES string of the molecule is Cc1nc2c(cnn2C(C)C)cc1C(=O)Nc1ccc(-n2cncn2)cc1. The predicted octanol–water partition coefficient (Wildman–Crippen LogP) is 3.15. The number of hydrogen-bond acceptors (Lipinski definition) is 5. The first-order valence-electron chi connectivity index (χ1n) is 8.64. The molecule has 27 heavy (non-hydrogen) atoms. The lowest BCUT2D eigenvalue weighted by Gasteiger charge is -2.10. The maximum Gasteiger partial charge on any atom is 0.257 e. The zero-order valence-electron chi connectivity index (χ0n) is 15.3. The molecule has 0 aliphatic heterocycles. The molecule has 3 heterocycles. The van der Waals surface area contributed by atoms with Crippen LogP contribution < -0.4 is 5.32 Å². The molecule has 3 aromatic heterocycles. The minimum Gasteiger partial charge on any atom is -0.322 e. The van der Waals surface area contributed by atoms with Gasteiger partial charge in [-0.15, -0.1) is 0 Å². The van der Waals surface area contributed by atoms with Crippen molar-refractivity contribution in [3.8, 4) is 5.69 Å². The van der Waals surface area contributed by atoms with Gasteiger partial charge in [-0.05, 0) is 51.1 Å². The van der Waals surface area contributed by atoms with Crippen LogP contribution in [0.1, 0.15) is 35.9 Å². The van der Waals surface area contributed by atoms with Crippen molar-refractivity contribution in [3.05, 3.63) is 60.4 Å². The molecule has 0 aliphatic rings. The highest BCUT2D eigenvalue weighted by atomic mass is 16.1. The van der Waals surface area contributed by atoms with E-state index in [0.717, 1.165) is 16.7 Å². The summed E-state index contributed by atoms with van der Waals surface area (Å²) in [6.07, 6.45) is 4.84. The number of amides is 1. The number of pyridine rings is 1. The number of hydrogen-bond donors (Lipinski definition) is 1. The minimum absolute atomic E-state index is 0.201. The molecular weight excluding hydrogens is 342 g/mol. The van der Waals surface area contributed by atoms with E-state index in [9.17, 15) is 4.79 Å². The number of fused-ring (bicyclic) bond motifs is 1. The Hall–Kier alpha value is -3.55. The molecule has 8 nitrogen and oxygen atoms in total. The van der Waals surface area contributed by atoms with Crippen LogP contribution in [0.25, 0.3) is 16.7 Å². The van der Waals surface area contributed by atoms with E-state index in [1.54, 1.807) is 17.2 Å². The summed E-state index contributed by atoms with van der Waals surface area (Å²) < 4.78 is 3.51. The Morgan fingerprint density at radius 3 is 2.59 bits per heavy atom. The number of benzene rings is 1. The second-order valence-corrected chi connectivity index (χ2v) is 6.56. The predicted molar refractivity (Wildman–Crippen MR) is 102 cm³/mol. The average molecular weight is 361 g/mol. The Morgan fingerprint density at radius 1 is 1.15 bits per heavy atom. The van der Waals surface area contributed by atoms with E-state index in [4.69, 9.17) is 0 Å². The molecule has 1 amide bonds. The second-order valence-electron chi connectivity index (χ2n) is 6.56. The van der Waals surface area contributed by atoms with Crippen LogP contribution in [-0.2, 0) is 0 Å². The van der Waals surface area contributed by atoms with Crippen LogP contribution in [-0.4, -0.2) is 35.4 Å². The molecule has 0 spiro atoms. The summed E-state index contributed by atoms with van der Waals surface area (Å²) in [5.41, 5.74) is 3.55. The summed E-state index contributed by atoms with van der Waals surface area (Å²) in [6.45, 7) is 5.93. The number of aromatic nitrogens is 6. The van der Waals surface area contributed by atoms with Crippen molar-refractivity contribution in [2.45, 2.75) is 26.8 Å². The Kier molecular flexibility index (Phi) is 4.15. The Morgan fingerprint density at radius 2 is 1.93 bits per heavy atom. The molecule has 8 heteroatoms. The third-order valence-electron chi connectivity index (χ3n) is 4.30. The molecule has 0 unspecified atom stereocenters. The Bertz CT molecular complexity index is 1100. The number of carbonyl (C=O) groups is 1.